The van der Waals surface area contributed by atoms with E-state index in [1.54, 1.807) is 22.7 Å². The van der Waals surface area contributed by atoms with Gasteiger partial charge >= 0.3 is 5.69 Å². The molecule has 6 heteroatoms. The number of aromatic nitrogens is 3. The molecule has 0 amide bonds. The topological polar surface area (TPSA) is 75.1 Å². The summed E-state index contributed by atoms with van der Waals surface area (Å²) < 4.78 is 8.75. The first kappa shape index (κ1) is 27.4. The van der Waals surface area contributed by atoms with Crippen molar-refractivity contribution in [2.45, 2.75) is 71.5 Å². The first-order valence-electron chi connectivity index (χ1n) is 13.4. The van der Waals surface area contributed by atoms with Crippen molar-refractivity contribution in [1.29, 1.82) is 0 Å². The first-order valence-corrected chi connectivity index (χ1v) is 13.4. The van der Waals surface area contributed by atoms with Crippen molar-refractivity contribution >= 4 is 0 Å². The molecule has 2 atom stereocenters. The maximum atomic E-state index is 13.3. The Morgan fingerprint density at radius 3 is 2.08 bits per heavy atom. The monoisotopic (exact) mass is 512 g/mol. The maximum absolute atomic E-state index is 13.3. The molecule has 0 spiro atoms. The van der Waals surface area contributed by atoms with Crippen LogP contribution in [0.4, 0.5) is 0 Å². The molecule has 0 bridgehead atoms. The third kappa shape index (κ3) is 5.46. The zero-order valence-electron chi connectivity index (χ0n) is 23.4. The fourth-order valence-corrected chi connectivity index (χ4v) is 5.16. The molecule has 3 aromatic carbocycles. The largest absolute Gasteiger partial charge is 0.496 e. The molecule has 0 fully saturated rings. The Bertz CT molecular complexity index is 1410. The van der Waals surface area contributed by atoms with Gasteiger partial charge in [0.15, 0.2) is 0 Å². The van der Waals surface area contributed by atoms with E-state index in [2.05, 4.69) is 93.5 Å². The van der Waals surface area contributed by atoms with Crippen LogP contribution in [0.2, 0.25) is 0 Å². The molecular weight excluding hydrogens is 472 g/mol. The summed E-state index contributed by atoms with van der Waals surface area (Å²) in [5, 5.41) is 4.57. The Hall–Kier alpha value is -3.64. The highest BCUT2D eigenvalue weighted by atomic mass is 16.5. The molecule has 1 aromatic heterocycles. The molecule has 0 radical (unpaired) electrons. The maximum Gasteiger partial charge on any atom is 0.346 e. The van der Waals surface area contributed by atoms with Crippen molar-refractivity contribution in [2.24, 2.45) is 5.73 Å². The van der Waals surface area contributed by atoms with Crippen LogP contribution in [0.15, 0.2) is 77.9 Å². The summed E-state index contributed by atoms with van der Waals surface area (Å²) in [5.74, 6) is 0.870. The van der Waals surface area contributed by atoms with Gasteiger partial charge in [-0.15, -0.1) is 0 Å². The number of nitrogens with zero attached hydrogens (tertiary/aromatic N) is 3. The van der Waals surface area contributed by atoms with Crippen molar-refractivity contribution in [2.75, 3.05) is 7.11 Å². The number of hydrogen-bond donors (Lipinski definition) is 1. The van der Waals surface area contributed by atoms with Gasteiger partial charge in [0.25, 0.3) is 0 Å². The van der Waals surface area contributed by atoms with Crippen LogP contribution in [0.25, 0.3) is 11.1 Å². The third-order valence-electron chi connectivity index (χ3n) is 7.47. The first-order chi connectivity index (χ1) is 18.2. The van der Waals surface area contributed by atoms with Crippen molar-refractivity contribution in [3.63, 3.8) is 0 Å². The molecule has 2 N–H and O–H groups in total. The van der Waals surface area contributed by atoms with Crippen LogP contribution in [-0.4, -0.2) is 21.5 Å². The van der Waals surface area contributed by atoms with Gasteiger partial charge in [0, 0.05) is 24.6 Å². The van der Waals surface area contributed by atoms with E-state index in [9.17, 15) is 4.79 Å². The molecule has 200 valence electrons. The highest BCUT2D eigenvalue weighted by molar-refractivity contribution is 5.66. The fraction of sp³-hybridized carbons (Fsp3) is 0.375. The van der Waals surface area contributed by atoms with Gasteiger partial charge in [-0.2, -0.15) is 5.10 Å². The molecule has 38 heavy (non-hydrogen) atoms. The molecule has 0 aliphatic heterocycles. The Labute approximate surface area is 226 Å². The number of methoxy groups -OCH3 is 1. The Morgan fingerprint density at radius 2 is 1.55 bits per heavy atom. The quantitative estimate of drug-likeness (QED) is 0.286. The van der Waals surface area contributed by atoms with Gasteiger partial charge in [0.05, 0.1) is 13.2 Å². The molecule has 4 aromatic rings. The predicted molar refractivity (Wildman–Crippen MR) is 155 cm³/mol. The van der Waals surface area contributed by atoms with Gasteiger partial charge in [-0.1, -0.05) is 82.3 Å². The number of aryl methyl sites for hydroxylation is 1. The Morgan fingerprint density at radius 1 is 0.921 bits per heavy atom. The van der Waals surface area contributed by atoms with Gasteiger partial charge in [-0.05, 0) is 58.7 Å². The van der Waals surface area contributed by atoms with Gasteiger partial charge in [-0.3, -0.25) is 4.57 Å². The van der Waals surface area contributed by atoms with Crippen LogP contribution >= 0.6 is 0 Å². The lowest BCUT2D eigenvalue weighted by atomic mass is 9.82. The van der Waals surface area contributed by atoms with Crippen LogP contribution in [0.5, 0.6) is 5.75 Å². The second-order valence-electron chi connectivity index (χ2n) is 10.8. The fourth-order valence-electron chi connectivity index (χ4n) is 5.16. The van der Waals surface area contributed by atoms with E-state index in [1.807, 2.05) is 13.0 Å². The van der Waals surface area contributed by atoms with E-state index in [-0.39, 0.29) is 23.1 Å². The lowest BCUT2D eigenvalue weighted by Gasteiger charge is -2.28. The number of ether oxygens (including phenoxy) is 1. The highest BCUT2D eigenvalue weighted by Gasteiger charge is 2.29. The summed E-state index contributed by atoms with van der Waals surface area (Å²) in [6.07, 6.45) is 2.50. The highest BCUT2D eigenvalue weighted by Crippen LogP contribution is 2.38. The van der Waals surface area contributed by atoms with Crippen molar-refractivity contribution in [1.82, 2.24) is 14.3 Å². The lowest BCUT2D eigenvalue weighted by molar-refractivity contribution is 0.410. The second-order valence-corrected chi connectivity index (χ2v) is 10.8. The lowest BCUT2D eigenvalue weighted by Crippen LogP contribution is -2.32. The molecule has 0 saturated heterocycles. The SMILES string of the molecule is CCC(c1ccc(-c2ccc(OC)c(CN)c2)cc1)C(c1ccc(C(C)(C)C)cc1)n1ncn(CC)c1=O. The summed E-state index contributed by atoms with van der Waals surface area (Å²) in [7, 11) is 1.66. The Kier molecular flexibility index (Phi) is 8.22. The predicted octanol–water partition coefficient (Wildman–Crippen LogP) is 6.28. The van der Waals surface area contributed by atoms with E-state index >= 15 is 0 Å². The summed E-state index contributed by atoms with van der Waals surface area (Å²) in [4.78, 5) is 13.3. The number of nitrogens with two attached hydrogens (primary N) is 1. The van der Waals surface area contributed by atoms with Crippen molar-refractivity contribution in [3.05, 3.63) is 106 Å². The molecular formula is C32H40N4O2. The summed E-state index contributed by atoms with van der Waals surface area (Å²) in [5.41, 5.74) is 12.6. The standard InChI is InChI=1S/C32H40N4O2/c1-7-28(23-11-9-22(10-12-23)25-15-18-29(38-6)26(19-25)20-33)30(36-31(37)35(8-2)21-34-36)24-13-16-27(17-14-24)32(3,4)5/h9-19,21,28,30H,7-8,20,33H2,1-6H3. The third-order valence-corrected chi connectivity index (χ3v) is 7.47. The van der Waals surface area contributed by atoms with Crippen molar-refractivity contribution < 1.29 is 4.74 Å². The minimum absolute atomic E-state index is 0.0554. The van der Waals surface area contributed by atoms with Crippen LogP contribution in [-0.2, 0) is 18.5 Å². The van der Waals surface area contributed by atoms with Crippen LogP contribution in [0.1, 0.15) is 75.3 Å². The van der Waals surface area contributed by atoms with E-state index < -0.39 is 0 Å². The number of benzene rings is 3. The summed E-state index contributed by atoms with van der Waals surface area (Å²) in [6, 6.07) is 23.2. The number of rotatable bonds is 9. The van der Waals surface area contributed by atoms with Gasteiger partial charge in [0.2, 0.25) is 0 Å². The minimum atomic E-state index is -0.218. The van der Waals surface area contributed by atoms with Gasteiger partial charge in [0.1, 0.15) is 12.1 Å². The normalized spacial score (nSPS) is 13.3. The van der Waals surface area contributed by atoms with Gasteiger partial charge < -0.3 is 10.5 Å². The molecule has 0 aliphatic rings. The number of hydrogen-bond acceptors (Lipinski definition) is 4. The van der Waals surface area contributed by atoms with E-state index in [0.29, 0.717) is 13.1 Å². The van der Waals surface area contributed by atoms with Crippen LogP contribution in [0.3, 0.4) is 0 Å². The van der Waals surface area contributed by atoms with E-state index in [4.69, 9.17) is 10.5 Å². The van der Waals surface area contributed by atoms with E-state index in [0.717, 1.165) is 34.4 Å². The second kappa shape index (κ2) is 11.4. The molecule has 0 aliphatic carbocycles. The average Bonchev–Trinajstić information content (AvgIpc) is 3.30. The summed E-state index contributed by atoms with van der Waals surface area (Å²) >= 11 is 0. The molecule has 0 saturated carbocycles. The Balaban J connectivity index is 1.75. The minimum Gasteiger partial charge on any atom is -0.496 e. The van der Waals surface area contributed by atoms with E-state index in [1.165, 1.54) is 11.1 Å². The zero-order valence-corrected chi connectivity index (χ0v) is 23.4. The van der Waals surface area contributed by atoms with Gasteiger partial charge in [-0.25, -0.2) is 9.48 Å². The average molecular weight is 513 g/mol. The van der Waals surface area contributed by atoms with Crippen molar-refractivity contribution in [3.8, 4) is 16.9 Å². The molecule has 4 rings (SSSR count). The van der Waals surface area contributed by atoms with Crippen LogP contribution in [0, 0.1) is 0 Å². The molecule has 6 nitrogen and oxygen atoms in total. The smallest absolute Gasteiger partial charge is 0.346 e. The van der Waals surface area contributed by atoms with Crippen LogP contribution < -0.4 is 16.2 Å². The molecule has 2 unspecified atom stereocenters. The zero-order chi connectivity index (χ0) is 27.4. The molecule has 1 heterocycles. The summed E-state index contributed by atoms with van der Waals surface area (Å²) in [6.45, 7) is 11.8.